The Kier molecular flexibility index (Phi) is 6.29. The molecule has 2 aromatic rings. The minimum atomic E-state index is -3.62. The van der Waals surface area contributed by atoms with E-state index < -0.39 is 15.4 Å². The number of amides is 1. The Hall–Kier alpha value is -2.38. The van der Waals surface area contributed by atoms with Crippen LogP contribution in [0.5, 0.6) is 5.75 Å². The maximum Gasteiger partial charge on any atom is 0.243 e. The molecule has 1 fully saturated rings. The fraction of sp³-hybridized carbons (Fsp3) is 0.409. The van der Waals surface area contributed by atoms with Crippen LogP contribution in [-0.4, -0.2) is 38.8 Å². The first kappa shape index (κ1) is 21.3. The summed E-state index contributed by atoms with van der Waals surface area (Å²) in [6.45, 7) is 4.76. The average molecular weight is 417 g/mol. The zero-order valence-electron chi connectivity index (χ0n) is 17.1. The highest BCUT2D eigenvalue weighted by Crippen LogP contribution is 2.33. The molecular weight excluding hydrogens is 388 g/mol. The standard InChI is InChI=1S/C22H28N2O4S/c1-17-5-11-20(12-6-17)29(26,27)24-14-4-13-22(2,16-24)21(25)23-15-18-7-9-19(28-3)10-8-18/h5-12H,4,13-16H2,1-3H3,(H,23,25). The van der Waals surface area contributed by atoms with E-state index in [1.165, 1.54) is 4.31 Å². The molecule has 156 valence electrons. The minimum Gasteiger partial charge on any atom is -0.497 e. The summed E-state index contributed by atoms with van der Waals surface area (Å²) < 4.78 is 32.6. The van der Waals surface area contributed by atoms with Gasteiger partial charge in [0.1, 0.15) is 5.75 Å². The van der Waals surface area contributed by atoms with E-state index in [1.54, 1.807) is 31.4 Å². The third kappa shape index (κ3) is 4.79. The second-order valence-electron chi connectivity index (χ2n) is 7.85. The predicted molar refractivity (Wildman–Crippen MR) is 112 cm³/mol. The molecule has 1 saturated heterocycles. The van der Waals surface area contributed by atoms with Crippen molar-refractivity contribution < 1.29 is 17.9 Å². The van der Waals surface area contributed by atoms with Gasteiger partial charge in [-0.05, 0) is 56.5 Å². The van der Waals surface area contributed by atoms with E-state index >= 15 is 0 Å². The van der Waals surface area contributed by atoms with Crippen molar-refractivity contribution in [3.8, 4) is 5.75 Å². The topological polar surface area (TPSA) is 75.7 Å². The van der Waals surface area contributed by atoms with Crippen LogP contribution in [0.2, 0.25) is 0 Å². The van der Waals surface area contributed by atoms with Gasteiger partial charge in [0.2, 0.25) is 15.9 Å². The Bertz CT molecular complexity index is 955. The smallest absolute Gasteiger partial charge is 0.243 e. The summed E-state index contributed by atoms with van der Waals surface area (Å²) >= 11 is 0. The summed E-state index contributed by atoms with van der Waals surface area (Å²) in [5.74, 6) is 0.633. The van der Waals surface area contributed by atoms with Crippen molar-refractivity contribution in [3.05, 3.63) is 59.7 Å². The van der Waals surface area contributed by atoms with E-state index in [-0.39, 0.29) is 17.3 Å². The number of aryl methyl sites for hydroxylation is 1. The molecule has 1 aliphatic heterocycles. The molecule has 29 heavy (non-hydrogen) atoms. The summed E-state index contributed by atoms with van der Waals surface area (Å²) in [6, 6.07) is 14.3. The van der Waals surface area contributed by atoms with Gasteiger partial charge in [-0.25, -0.2) is 8.42 Å². The van der Waals surface area contributed by atoms with Gasteiger partial charge < -0.3 is 10.1 Å². The van der Waals surface area contributed by atoms with Crippen LogP contribution in [0.15, 0.2) is 53.4 Å². The molecule has 1 aliphatic rings. The van der Waals surface area contributed by atoms with Crippen LogP contribution in [0.1, 0.15) is 30.9 Å². The molecule has 1 atom stereocenters. The van der Waals surface area contributed by atoms with Gasteiger partial charge in [-0.15, -0.1) is 0 Å². The SMILES string of the molecule is COc1ccc(CNC(=O)C2(C)CCCN(S(=O)(=O)c3ccc(C)cc3)C2)cc1. The van der Waals surface area contributed by atoms with Crippen LogP contribution < -0.4 is 10.1 Å². The number of carbonyl (C=O) groups excluding carboxylic acids is 1. The minimum absolute atomic E-state index is 0.128. The molecule has 1 unspecified atom stereocenters. The van der Waals surface area contributed by atoms with Crippen LogP contribution >= 0.6 is 0 Å². The lowest BCUT2D eigenvalue weighted by atomic mass is 9.82. The van der Waals surface area contributed by atoms with E-state index in [9.17, 15) is 13.2 Å². The monoisotopic (exact) mass is 416 g/mol. The summed E-state index contributed by atoms with van der Waals surface area (Å²) in [5.41, 5.74) is 1.20. The summed E-state index contributed by atoms with van der Waals surface area (Å²) in [5, 5.41) is 2.96. The van der Waals surface area contributed by atoms with Crippen molar-refractivity contribution in [2.75, 3.05) is 20.2 Å². The zero-order valence-corrected chi connectivity index (χ0v) is 18.0. The first-order valence-corrected chi connectivity index (χ1v) is 11.2. The Morgan fingerprint density at radius 2 is 1.79 bits per heavy atom. The molecule has 0 aromatic heterocycles. The molecule has 0 spiro atoms. The van der Waals surface area contributed by atoms with Crippen LogP contribution in [0, 0.1) is 12.3 Å². The van der Waals surface area contributed by atoms with Crippen molar-refractivity contribution in [2.24, 2.45) is 5.41 Å². The Balaban J connectivity index is 1.68. The first-order valence-electron chi connectivity index (χ1n) is 9.73. The highest BCUT2D eigenvalue weighted by Gasteiger charge is 2.41. The van der Waals surface area contributed by atoms with Gasteiger partial charge in [0.15, 0.2) is 0 Å². The lowest BCUT2D eigenvalue weighted by Gasteiger charge is -2.38. The number of nitrogens with one attached hydrogen (secondary N) is 1. The fourth-order valence-corrected chi connectivity index (χ4v) is 5.18. The van der Waals surface area contributed by atoms with Gasteiger partial charge in [-0.1, -0.05) is 29.8 Å². The number of rotatable bonds is 6. The molecular formula is C22H28N2O4S. The van der Waals surface area contributed by atoms with Crippen LogP contribution in [0.4, 0.5) is 0 Å². The summed E-state index contributed by atoms with van der Waals surface area (Å²) in [6.07, 6.45) is 1.30. The van der Waals surface area contributed by atoms with E-state index in [2.05, 4.69) is 5.32 Å². The number of hydrogen-bond donors (Lipinski definition) is 1. The summed E-state index contributed by atoms with van der Waals surface area (Å²) in [7, 11) is -2.01. The molecule has 1 N–H and O–H groups in total. The van der Waals surface area contributed by atoms with Gasteiger partial charge in [0, 0.05) is 19.6 Å². The molecule has 0 saturated carbocycles. The van der Waals surface area contributed by atoms with Crippen molar-refractivity contribution in [1.82, 2.24) is 9.62 Å². The highest BCUT2D eigenvalue weighted by molar-refractivity contribution is 7.89. The Labute approximate surface area is 172 Å². The van der Waals surface area contributed by atoms with Crippen LogP contribution in [-0.2, 0) is 21.4 Å². The maximum absolute atomic E-state index is 13.0. The lowest BCUT2D eigenvalue weighted by molar-refractivity contribution is -0.132. The molecule has 0 bridgehead atoms. The summed E-state index contributed by atoms with van der Waals surface area (Å²) in [4.78, 5) is 13.2. The number of benzene rings is 2. The number of ether oxygens (including phenoxy) is 1. The number of piperidine rings is 1. The lowest BCUT2D eigenvalue weighted by Crippen LogP contribution is -2.51. The highest BCUT2D eigenvalue weighted by atomic mass is 32.2. The molecule has 1 amide bonds. The van der Waals surface area contributed by atoms with E-state index in [1.807, 2.05) is 38.1 Å². The van der Waals surface area contributed by atoms with Crippen molar-refractivity contribution in [3.63, 3.8) is 0 Å². The van der Waals surface area contributed by atoms with Crippen molar-refractivity contribution >= 4 is 15.9 Å². The van der Waals surface area contributed by atoms with Crippen LogP contribution in [0.25, 0.3) is 0 Å². The second kappa shape index (κ2) is 8.55. The van der Waals surface area contributed by atoms with E-state index in [4.69, 9.17) is 4.74 Å². The van der Waals surface area contributed by atoms with Gasteiger partial charge >= 0.3 is 0 Å². The largest absolute Gasteiger partial charge is 0.497 e. The quantitative estimate of drug-likeness (QED) is 0.785. The van der Waals surface area contributed by atoms with Gasteiger partial charge in [0.25, 0.3) is 0 Å². The van der Waals surface area contributed by atoms with Crippen molar-refractivity contribution in [1.29, 1.82) is 0 Å². The van der Waals surface area contributed by atoms with Crippen molar-refractivity contribution in [2.45, 2.75) is 38.1 Å². The molecule has 3 rings (SSSR count). The Morgan fingerprint density at radius 3 is 2.41 bits per heavy atom. The zero-order chi connectivity index (χ0) is 21.1. The van der Waals surface area contributed by atoms with Gasteiger partial charge in [-0.2, -0.15) is 4.31 Å². The molecule has 0 aliphatic carbocycles. The van der Waals surface area contributed by atoms with Gasteiger partial charge in [0.05, 0.1) is 17.4 Å². The maximum atomic E-state index is 13.0. The molecule has 1 heterocycles. The number of nitrogens with zero attached hydrogens (tertiary/aromatic N) is 1. The molecule has 6 nitrogen and oxygen atoms in total. The third-order valence-corrected chi connectivity index (χ3v) is 7.34. The normalized spacial score (nSPS) is 20.2. The molecule has 2 aromatic carbocycles. The van der Waals surface area contributed by atoms with E-state index in [0.29, 0.717) is 25.9 Å². The van der Waals surface area contributed by atoms with E-state index in [0.717, 1.165) is 16.9 Å². The fourth-order valence-electron chi connectivity index (χ4n) is 3.58. The Morgan fingerprint density at radius 1 is 1.14 bits per heavy atom. The average Bonchev–Trinajstić information content (AvgIpc) is 2.72. The predicted octanol–water partition coefficient (Wildman–Crippen LogP) is 3.11. The number of carbonyl (C=O) groups is 1. The second-order valence-corrected chi connectivity index (χ2v) is 9.78. The number of sulfonamides is 1. The van der Waals surface area contributed by atoms with Gasteiger partial charge in [-0.3, -0.25) is 4.79 Å². The third-order valence-electron chi connectivity index (χ3n) is 5.48. The first-order chi connectivity index (χ1) is 13.7. The van der Waals surface area contributed by atoms with Crippen LogP contribution in [0.3, 0.4) is 0 Å². The number of methoxy groups -OCH3 is 1. The number of hydrogen-bond acceptors (Lipinski definition) is 4. The molecule has 0 radical (unpaired) electrons. The molecule has 7 heteroatoms.